The van der Waals surface area contributed by atoms with Gasteiger partial charge in [0, 0.05) is 15.0 Å². The molecule has 1 nitrogen and oxygen atoms in total. The van der Waals surface area contributed by atoms with Crippen LogP contribution in [0.5, 0.6) is 0 Å². The average molecular weight is 390 g/mol. The number of halogens is 2. The molecule has 0 aliphatic carbocycles. The summed E-state index contributed by atoms with van der Waals surface area (Å²) in [4.78, 5) is 1.28. The number of hydrogen-bond donors (Lipinski definition) is 1. The summed E-state index contributed by atoms with van der Waals surface area (Å²) < 4.78 is 1.15. The molecule has 0 atom stereocenters. The van der Waals surface area contributed by atoms with E-state index in [1.807, 2.05) is 18.2 Å². The fourth-order valence-corrected chi connectivity index (χ4v) is 2.90. The molecule has 0 unspecified atom stereocenters. The molecule has 4 heteroatoms. The van der Waals surface area contributed by atoms with E-state index in [0.717, 1.165) is 20.8 Å². The Morgan fingerprint density at radius 2 is 1.89 bits per heavy atom. The van der Waals surface area contributed by atoms with Crippen LogP contribution in [-0.2, 0) is 6.54 Å². The first-order valence-corrected chi connectivity index (χ1v) is 8.19. The van der Waals surface area contributed by atoms with Gasteiger partial charge >= 0.3 is 0 Å². The van der Waals surface area contributed by atoms with Crippen LogP contribution in [0.2, 0.25) is 5.02 Å². The zero-order valence-corrected chi connectivity index (χ0v) is 13.6. The second kappa shape index (κ2) is 6.68. The highest BCUT2D eigenvalue weighted by Gasteiger charge is 2.00. The summed E-state index contributed by atoms with van der Waals surface area (Å²) in [6.07, 6.45) is 2.08. The monoisotopic (exact) mass is 389 g/mol. The van der Waals surface area contributed by atoms with Gasteiger partial charge in [-0.25, -0.2) is 0 Å². The van der Waals surface area contributed by atoms with E-state index >= 15 is 0 Å². The molecule has 0 radical (unpaired) electrons. The lowest BCUT2D eigenvalue weighted by Gasteiger charge is -2.09. The van der Waals surface area contributed by atoms with Gasteiger partial charge in [0.1, 0.15) is 0 Å². The van der Waals surface area contributed by atoms with Crippen molar-refractivity contribution >= 4 is 51.6 Å². The first-order chi connectivity index (χ1) is 8.69. The maximum Gasteiger partial charge on any atom is 0.0648 e. The zero-order valence-electron chi connectivity index (χ0n) is 9.91. The lowest BCUT2D eigenvalue weighted by atomic mass is 10.2. The normalized spacial score (nSPS) is 10.4. The Labute approximate surface area is 130 Å². The second-order valence-electron chi connectivity index (χ2n) is 3.83. The Hall–Kier alpha value is -0.390. The van der Waals surface area contributed by atoms with Crippen molar-refractivity contribution in [1.29, 1.82) is 0 Å². The number of hydrogen-bond acceptors (Lipinski definition) is 2. The molecule has 0 saturated heterocycles. The Balaban J connectivity index is 2.02. The highest BCUT2D eigenvalue weighted by molar-refractivity contribution is 14.1. The van der Waals surface area contributed by atoms with Gasteiger partial charge in [0.05, 0.1) is 10.7 Å². The molecule has 1 N–H and O–H groups in total. The molecular formula is C14H13ClINS. The molecule has 0 amide bonds. The molecule has 0 aliphatic heterocycles. The summed E-state index contributed by atoms with van der Waals surface area (Å²) in [5, 5.41) is 4.12. The highest BCUT2D eigenvalue weighted by Crippen LogP contribution is 2.24. The molecule has 18 heavy (non-hydrogen) atoms. The van der Waals surface area contributed by atoms with E-state index in [9.17, 15) is 0 Å². The van der Waals surface area contributed by atoms with Crippen molar-refractivity contribution in [3.63, 3.8) is 0 Å². The predicted octanol–water partition coefficient (Wildman–Crippen LogP) is 5.28. The summed E-state index contributed by atoms with van der Waals surface area (Å²) in [7, 11) is 0. The van der Waals surface area contributed by atoms with Crippen LogP contribution in [0.1, 0.15) is 5.56 Å². The topological polar surface area (TPSA) is 12.0 Å². The number of nitrogens with one attached hydrogen (secondary N) is 1. The molecule has 2 aromatic carbocycles. The van der Waals surface area contributed by atoms with E-state index in [-0.39, 0.29) is 0 Å². The van der Waals surface area contributed by atoms with Gasteiger partial charge in [0.15, 0.2) is 0 Å². The lowest BCUT2D eigenvalue weighted by molar-refractivity contribution is 1.14. The van der Waals surface area contributed by atoms with Crippen molar-refractivity contribution in [2.75, 3.05) is 11.6 Å². The van der Waals surface area contributed by atoms with Gasteiger partial charge in [-0.2, -0.15) is 0 Å². The van der Waals surface area contributed by atoms with Gasteiger partial charge < -0.3 is 5.32 Å². The summed E-state index contributed by atoms with van der Waals surface area (Å²) >= 11 is 10.2. The standard InChI is InChI=1S/C14H13ClINS/c1-18-12-5-2-10(3-6-12)9-17-14-7-4-11(16)8-13(14)15/h2-8,17H,9H2,1H3. The first-order valence-electron chi connectivity index (χ1n) is 5.51. The molecule has 0 fully saturated rings. The van der Waals surface area contributed by atoms with Gasteiger partial charge in [0.2, 0.25) is 0 Å². The lowest BCUT2D eigenvalue weighted by Crippen LogP contribution is -1.99. The SMILES string of the molecule is CSc1ccc(CNc2ccc(I)cc2Cl)cc1. The van der Waals surface area contributed by atoms with Crippen LogP contribution >= 0.6 is 46.0 Å². The smallest absolute Gasteiger partial charge is 0.0648 e. The van der Waals surface area contributed by atoms with Gasteiger partial charge in [-0.05, 0) is 64.7 Å². The Morgan fingerprint density at radius 1 is 1.17 bits per heavy atom. The number of benzene rings is 2. The van der Waals surface area contributed by atoms with Crippen molar-refractivity contribution in [1.82, 2.24) is 0 Å². The van der Waals surface area contributed by atoms with E-state index < -0.39 is 0 Å². The van der Waals surface area contributed by atoms with Crippen LogP contribution < -0.4 is 5.32 Å². The molecule has 0 saturated carbocycles. The summed E-state index contributed by atoms with van der Waals surface area (Å²) in [6.45, 7) is 0.787. The van der Waals surface area contributed by atoms with Crippen LogP contribution in [-0.4, -0.2) is 6.26 Å². The Morgan fingerprint density at radius 3 is 2.50 bits per heavy atom. The molecule has 0 heterocycles. The van der Waals surface area contributed by atoms with Gasteiger partial charge in [-0.15, -0.1) is 11.8 Å². The van der Waals surface area contributed by atoms with Crippen molar-refractivity contribution in [3.8, 4) is 0 Å². The van der Waals surface area contributed by atoms with Gasteiger partial charge in [0.25, 0.3) is 0 Å². The third-order valence-corrected chi connectivity index (χ3v) is 4.30. The van der Waals surface area contributed by atoms with Crippen LogP contribution in [0.15, 0.2) is 47.4 Å². The Bertz CT molecular complexity index is 528. The molecule has 0 aromatic heterocycles. The Kier molecular flexibility index (Phi) is 5.21. The number of rotatable bonds is 4. The maximum atomic E-state index is 6.17. The number of thioether (sulfide) groups is 1. The maximum absolute atomic E-state index is 6.17. The number of anilines is 1. The fraction of sp³-hybridized carbons (Fsp3) is 0.143. The second-order valence-corrected chi connectivity index (χ2v) is 6.36. The van der Waals surface area contributed by atoms with Crippen molar-refractivity contribution in [2.24, 2.45) is 0 Å². The highest BCUT2D eigenvalue weighted by atomic mass is 127. The van der Waals surface area contributed by atoms with E-state index in [2.05, 4.69) is 58.4 Å². The van der Waals surface area contributed by atoms with E-state index in [1.54, 1.807) is 11.8 Å². The van der Waals surface area contributed by atoms with E-state index in [0.29, 0.717) is 0 Å². The van der Waals surface area contributed by atoms with Crippen LogP contribution in [0, 0.1) is 3.57 Å². The minimum atomic E-state index is 0.766. The summed E-state index contributed by atoms with van der Waals surface area (Å²) in [5.41, 5.74) is 2.23. The largest absolute Gasteiger partial charge is 0.380 e. The average Bonchev–Trinajstić information content (AvgIpc) is 2.38. The minimum absolute atomic E-state index is 0.766. The molecule has 0 spiro atoms. The zero-order chi connectivity index (χ0) is 13.0. The molecule has 94 valence electrons. The van der Waals surface area contributed by atoms with Crippen molar-refractivity contribution < 1.29 is 0 Å². The molecule has 2 aromatic rings. The van der Waals surface area contributed by atoms with Gasteiger partial charge in [-0.1, -0.05) is 23.7 Å². The third-order valence-electron chi connectivity index (χ3n) is 2.57. The first kappa shape index (κ1) is 14.0. The van der Waals surface area contributed by atoms with Gasteiger partial charge in [-0.3, -0.25) is 0 Å². The molecule has 0 aliphatic rings. The molecule has 0 bridgehead atoms. The van der Waals surface area contributed by atoms with Crippen molar-refractivity contribution in [2.45, 2.75) is 11.4 Å². The third kappa shape index (κ3) is 3.80. The van der Waals surface area contributed by atoms with Crippen LogP contribution in [0.25, 0.3) is 0 Å². The van der Waals surface area contributed by atoms with E-state index in [1.165, 1.54) is 10.5 Å². The van der Waals surface area contributed by atoms with Crippen molar-refractivity contribution in [3.05, 3.63) is 56.6 Å². The summed E-state index contributed by atoms with van der Waals surface area (Å²) in [5.74, 6) is 0. The van der Waals surface area contributed by atoms with Crippen LogP contribution in [0.4, 0.5) is 5.69 Å². The molecule has 2 rings (SSSR count). The predicted molar refractivity (Wildman–Crippen MR) is 89.7 cm³/mol. The molecular weight excluding hydrogens is 377 g/mol. The quantitative estimate of drug-likeness (QED) is 0.564. The summed E-state index contributed by atoms with van der Waals surface area (Å²) in [6, 6.07) is 14.6. The van der Waals surface area contributed by atoms with E-state index in [4.69, 9.17) is 11.6 Å². The minimum Gasteiger partial charge on any atom is -0.380 e. The van der Waals surface area contributed by atoms with Crippen LogP contribution in [0.3, 0.4) is 0 Å². The fourth-order valence-electron chi connectivity index (χ4n) is 1.57.